The van der Waals surface area contributed by atoms with E-state index in [2.05, 4.69) is 31.3 Å². The molecule has 0 bridgehead atoms. The summed E-state index contributed by atoms with van der Waals surface area (Å²) in [6, 6.07) is 0. The Balaban J connectivity index is 2.26. The van der Waals surface area contributed by atoms with Crippen LogP contribution in [0.5, 0.6) is 0 Å². The number of nitrogens with zero attached hydrogens (tertiary/aromatic N) is 3. The number of H-pyrrole nitrogens is 1. The van der Waals surface area contributed by atoms with Gasteiger partial charge in [-0.25, -0.2) is 0 Å². The first-order chi connectivity index (χ1) is 6.74. The molecule has 0 saturated carbocycles. The van der Waals surface area contributed by atoms with Crippen molar-refractivity contribution >= 4 is 11.8 Å². The van der Waals surface area contributed by atoms with Gasteiger partial charge in [-0.15, -0.1) is 10.2 Å². The third-order valence-electron chi connectivity index (χ3n) is 1.46. The second-order valence-electron chi connectivity index (χ2n) is 2.41. The lowest BCUT2D eigenvalue weighted by atomic mass is 10.4. The fraction of sp³-hybridized carbons (Fsp3) is 0.500. The van der Waals surface area contributed by atoms with Gasteiger partial charge in [-0.05, 0) is 5.21 Å². The third kappa shape index (κ3) is 2.81. The van der Waals surface area contributed by atoms with Crippen LogP contribution in [0, 0.1) is 0 Å². The number of carbonyl (C=O) groups excluding carboxylic acids is 2. The Kier molecular flexibility index (Phi) is 3.53. The minimum atomic E-state index is -0.456. The average molecular weight is 198 g/mol. The summed E-state index contributed by atoms with van der Waals surface area (Å²) in [4.78, 5) is 21.9. The van der Waals surface area contributed by atoms with E-state index in [9.17, 15) is 9.59 Å². The van der Waals surface area contributed by atoms with Crippen LogP contribution in [0.4, 0.5) is 0 Å². The van der Waals surface area contributed by atoms with E-state index in [-0.39, 0.29) is 24.7 Å². The Morgan fingerprint density at radius 1 is 1.50 bits per heavy atom. The molecule has 0 saturated heterocycles. The lowest BCUT2D eigenvalue weighted by Gasteiger charge is -2.00. The summed E-state index contributed by atoms with van der Waals surface area (Å²) in [5, 5.41) is 17.2. The number of nitrogens with one attached hydrogen (secondary N) is 3. The molecule has 0 aromatic carbocycles. The van der Waals surface area contributed by atoms with Gasteiger partial charge in [0.2, 0.25) is 5.91 Å². The van der Waals surface area contributed by atoms with Gasteiger partial charge in [0.25, 0.3) is 11.7 Å². The van der Waals surface area contributed by atoms with Crippen molar-refractivity contribution < 1.29 is 9.59 Å². The quantitative estimate of drug-likeness (QED) is 0.521. The molecule has 1 rings (SSSR count). The monoisotopic (exact) mass is 198 g/mol. The predicted molar refractivity (Wildman–Crippen MR) is 45.2 cm³/mol. The molecular formula is C6H10N6O2. The van der Waals surface area contributed by atoms with Crippen molar-refractivity contribution in [3.05, 3.63) is 5.82 Å². The molecule has 76 valence electrons. The highest BCUT2D eigenvalue weighted by molar-refractivity contribution is 5.90. The van der Waals surface area contributed by atoms with E-state index in [1.54, 1.807) is 0 Å². The highest BCUT2D eigenvalue weighted by Gasteiger charge is 2.09. The third-order valence-corrected chi connectivity index (χ3v) is 1.46. The highest BCUT2D eigenvalue weighted by Crippen LogP contribution is 1.83. The minimum Gasteiger partial charge on any atom is -0.359 e. The Morgan fingerprint density at radius 3 is 2.86 bits per heavy atom. The molecule has 1 heterocycles. The van der Waals surface area contributed by atoms with Gasteiger partial charge in [0, 0.05) is 20.0 Å². The molecule has 1 aromatic heterocycles. The molecule has 0 aliphatic carbocycles. The van der Waals surface area contributed by atoms with Crippen LogP contribution in [-0.2, 0) is 4.79 Å². The normalized spacial score (nSPS) is 9.50. The second-order valence-corrected chi connectivity index (χ2v) is 2.41. The number of tetrazole rings is 1. The van der Waals surface area contributed by atoms with Crippen LogP contribution in [-0.4, -0.2) is 46.0 Å². The number of amides is 2. The molecule has 0 aliphatic rings. The van der Waals surface area contributed by atoms with Gasteiger partial charge in [0.05, 0.1) is 0 Å². The SMILES string of the molecule is CNC(=O)CCNC(=O)c1nn[nH]n1. The number of aromatic nitrogens is 4. The van der Waals surface area contributed by atoms with E-state index in [1.807, 2.05) is 0 Å². The first-order valence-electron chi connectivity index (χ1n) is 3.96. The molecule has 3 N–H and O–H groups in total. The first-order valence-corrected chi connectivity index (χ1v) is 3.96. The minimum absolute atomic E-state index is 0.0399. The summed E-state index contributed by atoms with van der Waals surface area (Å²) in [7, 11) is 1.53. The van der Waals surface area contributed by atoms with Crippen LogP contribution in [0.15, 0.2) is 0 Å². The van der Waals surface area contributed by atoms with Crippen molar-refractivity contribution in [2.75, 3.05) is 13.6 Å². The maximum Gasteiger partial charge on any atom is 0.292 e. The topological polar surface area (TPSA) is 113 Å². The molecule has 0 atom stereocenters. The van der Waals surface area contributed by atoms with E-state index in [4.69, 9.17) is 0 Å². The van der Waals surface area contributed by atoms with Crippen LogP contribution < -0.4 is 10.6 Å². The van der Waals surface area contributed by atoms with Crippen molar-refractivity contribution in [3.63, 3.8) is 0 Å². The standard InChI is InChI=1S/C6H10N6O2/c1-7-4(13)2-3-8-6(14)5-9-11-12-10-5/h2-3H2,1H3,(H,7,13)(H,8,14)(H,9,10,11,12). The Hall–Kier alpha value is -1.99. The number of aromatic amines is 1. The number of rotatable bonds is 4. The molecular weight excluding hydrogens is 188 g/mol. The van der Waals surface area contributed by atoms with E-state index in [0.29, 0.717) is 0 Å². The van der Waals surface area contributed by atoms with E-state index in [1.165, 1.54) is 7.05 Å². The zero-order valence-electron chi connectivity index (χ0n) is 7.57. The highest BCUT2D eigenvalue weighted by atomic mass is 16.2. The average Bonchev–Trinajstić information content (AvgIpc) is 2.70. The van der Waals surface area contributed by atoms with Crippen molar-refractivity contribution in [2.45, 2.75) is 6.42 Å². The molecule has 2 amide bonds. The zero-order chi connectivity index (χ0) is 10.4. The van der Waals surface area contributed by atoms with Gasteiger partial charge in [0.1, 0.15) is 0 Å². The lowest BCUT2D eigenvalue weighted by molar-refractivity contribution is -0.120. The van der Waals surface area contributed by atoms with Gasteiger partial charge in [-0.2, -0.15) is 5.21 Å². The molecule has 0 unspecified atom stereocenters. The summed E-state index contributed by atoms with van der Waals surface area (Å²) in [5.41, 5.74) is 0. The summed E-state index contributed by atoms with van der Waals surface area (Å²) >= 11 is 0. The van der Waals surface area contributed by atoms with Gasteiger partial charge in [-0.1, -0.05) is 0 Å². The molecule has 0 radical (unpaired) electrons. The summed E-state index contributed by atoms with van der Waals surface area (Å²) in [6.07, 6.45) is 0.222. The van der Waals surface area contributed by atoms with Crippen LogP contribution in [0.25, 0.3) is 0 Å². The second kappa shape index (κ2) is 4.90. The van der Waals surface area contributed by atoms with Crippen molar-refractivity contribution in [3.8, 4) is 0 Å². The van der Waals surface area contributed by atoms with E-state index < -0.39 is 5.91 Å². The van der Waals surface area contributed by atoms with Gasteiger partial charge >= 0.3 is 0 Å². The largest absolute Gasteiger partial charge is 0.359 e. The van der Waals surface area contributed by atoms with Crippen LogP contribution in [0.3, 0.4) is 0 Å². The smallest absolute Gasteiger partial charge is 0.292 e. The Bertz CT molecular complexity index is 308. The molecule has 0 spiro atoms. The number of hydrogen-bond acceptors (Lipinski definition) is 5. The fourth-order valence-corrected chi connectivity index (χ4v) is 0.752. The molecule has 14 heavy (non-hydrogen) atoms. The van der Waals surface area contributed by atoms with Gasteiger partial charge in [0.15, 0.2) is 0 Å². The Morgan fingerprint density at radius 2 is 2.29 bits per heavy atom. The van der Waals surface area contributed by atoms with Crippen molar-refractivity contribution in [1.82, 2.24) is 31.3 Å². The van der Waals surface area contributed by atoms with Crippen molar-refractivity contribution in [1.29, 1.82) is 0 Å². The van der Waals surface area contributed by atoms with Gasteiger partial charge in [-0.3, -0.25) is 9.59 Å². The summed E-state index contributed by atoms with van der Waals surface area (Å²) < 4.78 is 0. The van der Waals surface area contributed by atoms with Gasteiger partial charge < -0.3 is 10.6 Å². The summed E-state index contributed by atoms with van der Waals surface area (Å²) in [5.74, 6) is -0.636. The predicted octanol–water partition coefficient (Wildman–Crippen LogP) is -1.93. The molecule has 8 nitrogen and oxygen atoms in total. The van der Waals surface area contributed by atoms with Crippen LogP contribution in [0.1, 0.15) is 17.0 Å². The first kappa shape index (κ1) is 10.1. The Labute approximate surface area is 79.5 Å². The van der Waals surface area contributed by atoms with Crippen molar-refractivity contribution in [2.24, 2.45) is 0 Å². The van der Waals surface area contributed by atoms with E-state index >= 15 is 0 Å². The van der Waals surface area contributed by atoms with Crippen LogP contribution in [0.2, 0.25) is 0 Å². The molecule has 8 heteroatoms. The lowest BCUT2D eigenvalue weighted by Crippen LogP contribution is -2.29. The molecule has 1 aromatic rings. The molecule has 0 fully saturated rings. The van der Waals surface area contributed by atoms with E-state index in [0.717, 1.165) is 0 Å². The number of carbonyl (C=O) groups is 2. The maximum absolute atomic E-state index is 11.1. The molecule has 0 aliphatic heterocycles. The summed E-state index contributed by atoms with van der Waals surface area (Å²) in [6.45, 7) is 0.243. The fourth-order valence-electron chi connectivity index (χ4n) is 0.752. The zero-order valence-corrected chi connectivity index (χ0v) is 7.57. The van der Waals surface area contributed by atoms with Crippen LogP contribution >= 0.6 is 0 Å². The maximum atomic E-state index is 11.1. The number of hydrogen-bond donors (Lipinski definition) is 3.